The Balaban J connectivity index is 1.48. The molecule has 0 amide bonds. The van der Waals surface area contributed by atoms with E-state index >= 15 is 0 Å². The Labute approximate surface area is 185 Å². The molecule has 2 aliphatic heterocycles. The van der Waals surface area contributed by atoms with Crippen LogP contribution in [0.3, 0.4) is 0 Å². The molecule has 32 heavy (non-hydrogen) atoms. The van der Waals surface area contributed by atoms with E-state index in [1.165, 1.54) is 12.0 Å². The summed E-state index contributed by atoms with van der Waals surface area (Å²) in [6, 6.07) is 10.7. The third-order valence-electron chi connectivity index (χ3n) is 6.95. The lowest BCUT2D eigenvalue weighted by atomic mass is 9.65. The fourth-order valence-electron chi connectivity index (χ4n) is 5.11. The number of aromatic nitrogens is 3. The normalized spacial score (nSPS) is 20.3. The first kappa shape index (κ1) is 19.0. The smallest absolute Gasteiger partial charge is 0.181 e. The zero-order valence-corrected chi connectivity index (χ0v) is 18.2. The number of hydrogen-bond acceptors (Lipinski definition) is 6. The van der Waals surface area contributed by atoms with E-state index in [0.29, 0.717) is 6.61 Å². The van der Waals surface area contributed by atoms with E-state index in [-0.39, 0.29) is 17.4 Å². The molecule has 7 nitrogen and oxygen atoms in total. The lowest BCUT2D eigenvalue weighted by molar-refractivity contribution is 0.131. The Kier molecular flexibility index (Phi) is 4.08. The molecule has 4 aromatic rings. The number of hydrogen-bond donors (Lipinski definition) is 2. The highest BCUT2D eigenvalue weighted by molar-refractivity contribution is 5.72. The van der Waals surface area contributed by atoms with Gasteiger partial charge in [-0.3, -0.25) is 5.10 Å². The summed E-state index contributed by atoms with van der Waals surface area (Å²) >= 11 is 0. The largest absolute Gasteiger partial charge is 0.493 e. The lowest BCUT2D eigenvalue weighted by Crippen LogP contribution is -2.46. The van der Waals surface area contributed by atoms with Crippen molar-refractivity contribution in [2.24, 2.45) is 5.92 Å². The predicted molar refractivity (Wildman–Crippen MR) is 121 cm³/mol. The number of aromatic amines is 1. The number of methoxy groups -OCH3 is 1. The van der Waals surface area contributed by atoms with E-state index in [1.807, 2.05) is 18.5 Å². The summed E-state index contributed by atoms with van der Waals surface area (Å²) < 4.78 is 17.6. The number of nitrogens with zero attached hydrogens (tertiary/aromatic N) is 2. The summed E-state index contributed by atoms with van der Waals surface area (Å²) in [4.78, 5) is 4.06. The predicted octanol–water partition coefficient (Wildman–Crippen LogP) is 5.19. The number of ether oxygens (including phenoxy) is 2. The fraction of sp³-hybridized carbons (Fsp3) is 0.280. The number of benzene rings is 2. The first-order valence-corrected chi connectivity index (χ1v) is 10.7. The first-order valence-electron chi connectivity index (χ1n) is 10.7. The van der Waals surface area contributed by atoms with Crippen molar-refractivity contribution in [1.82, 2.24) is 15.2 Å². The van der Waals surface area contributed by atoms with Crippen LogP contribution in [0.25, 0.3) is 22.5 Å². The van der Waals surface area contributed by atoms with Gasteiger partial charge < -0.3 is 19.2 Å². The maximum Gasteiger partial charge on any atom is 0.181 e. The van der Waals surface area contributed by atoms with Crippen LogP contribution in [0.1, 0.15) is 31.0 Å². The second-order valence-corrected chi connectivity index (χ2v) is 8.97. The molecule has 0 saturated carbocycles. The molecule has 6 rings (SSSR count). The number of fused-ring (bicyclic) bond motifs is 4. The van der Waals surface area contributed by atoms with Gasteiger partial charge in [0.25, 0.3) is 0 Å². The molecule has 0 aliphatic carbocycles. The van der Waals surface area contributed by atoms with Crippen molar-refractivity contribution in [2.45, 2.75) is 25.3 Å². The van der Waals surface area contributed by atoms with Gasteiger partial charge in [0.15, 0.2) is 23.7 Å². The Bertz CT molecular complexity index is 1280. The fourth-order valence-corrected chi connectivity index (χ4v) is 5.11. The van der Waals surface area contributed by atoms with Crippen LogP contribution >= 0.6 is 0 Å². The van der Waals surface area contributed by atoms with Gasteiger partial charge in [-0.2, -0.15) is 5.10 Å². The van der Waals surface area contributed by atoms with Gasteiger partial charge in [-0.25, -0.2) is 4.98 Å². The highest BCUT2D eigenvalue weighted by atomic mass is 16.5. The van der Waals surface area contributed by atoms with Crippen LogP contribution in [0.5, 0.6) is 11.5 Å². The lowest BCUT2D eigenvalue weighted by Gasteiger charge is -2.48. The first-order chi connectivity index (χ1) is 15.6. The van der Waals surface area contributed by atoms with Crippen molar-refractivity contribution in [3.63, 3.8) is 0 Å². The van der Waals surface area contributed by atoms with Crippen LogP contribution in [-0.4, -0.2) is 28.9 Å². The summed E-state index contributed by atoms with van der Waals surface area (Å²) in [6.45, 7) is 5.19. The van der Waals surface area contributed by atoms with Gasteiger partial charge in [0.2, 0.25) is 0 Å². The monoisotopic (exact) mass is 428 g/mol. The number of oxazole rings is 1. The van der Waals surface area contributed by atoms with E-state index in [9.17, 15) is 0 Å². The molecule has 2 atom stereocenters. The maximum absolute atomic E-state index is 6.32. The molecular formula is C25H24N4O3. The molecule has 2 aromatic carbocycles. The molecule has 2 aromatic heterocycles. The summed E-state index contributed by atoms with van der Waals surface area (Å²) in [6.07, 6.45) is 6.92. The maximum atomic E-state index is 6.32. The second kappa shape index (κ2) is 6.88. The van der Waals surface area contributed by atoms with Gasteiger partial charge >= 0.3 is 0 Å². The molecule has 4 heterocycles. The molecule has 2 N–H and O–H groups in total. The highest BCUT2D eigenvalue weighted by Crippen LogP contribution is 2.54. The van der Waals surface area contributed by atoms with Crippen molar-refractivity contribution in [3.05, 3.63) is 66.4 Å². The zero-order valence-electron chi connectivity index (χ0n) is 18.2. The van der Waals surface area contributed by atoms with Gasteiger partial charge in [-0.1, -0.05) is 13.8 Å². The SMILES string of the molecule is COc1cc(-c2cn[nH]c2)cc2c1OC[C@H]1[C@@H]2Nc2ccc(-c3cnco3)cc2C1(C)C. The molecule has 0 spiro atoms. The zero-order chi connectivity index (χ0) is 21.9. The third-order valence-corrected chi connectivity index (χ3v) is 6.95. The Morgan fingerprint density at radius 3 is 2.75 bits per heavy atom. The van der Waals surface area contributed by atoms with E-state index in [0.717, 1.165) is 45.2 Å². The molecule has 0 bridgehead atoms. The number of H-pyrrole nitrogens is 1. The van der Waals surface area contributed by atoms with Crippen molar-refractivity contribution >= 4 is 5.69 Å². The average molecular weight is 428 g/mol. The quantitative estimate of drug-likeness (QED) is 0.467. The van der Waals surface area contributed by atoms with Crippen LogP contribution in [0, 0.1) is 5.92 Å². The Hall–Kier alpha value is -3.74. The van der Waals surface area contributed by atoms with Crippen LogP contribution in [0.2, 0.25) is 0 Å². The molecule has 2 aliphatic rings. The third kappa shape index (κ3) is 2.74. The highest BCUT2D eigenvalue weighted by Gasteiger charge is 2.47. The molecule has 162 valence electrons. The van der Waals surface area contributed by atoms with E-state index < -0.39 is 0 Å². The molecule has 7 heteroatoms. The van der Waals surface area contributed by atoms with Gasteiger partial charge in [-0.05, 0) is 41.5 Å². The van der Waals surface area contributed by atoms with E-state index in [4.69, 9.17) is 13.9 Å². The van der Waals surface area contributed by atoms with Gasteiger partial charge in [0.1, 0.15) is 0 Å². The number of rotatable bonds is 3. The van der Waals surface area contributed by atoms with Crippen LogP contribution in [0.4, 0.5) is 5.69 Å². The van der Waals surface area contributed by atoms with Crippen LogP contribution in [0.15, 0.2) is 59.7 Å². The molecule has 0 saturated heterocycles. The number of anilines is 1. The summed E-state index contributed by atoms with van der Waals surface area (Å²) in [5.41, 5.74) is 6.44. The van der Waals surface area contributed by atoms with E-state index in [1.54, 1.807) is 13.3 Å². The van der Waals surface area contributed by atoms with Gasteiger partial charge in [-0.15, -0.1) is 0 Å². The summed E-state index contributed by atoms with van der Waals surface area (Å²) in [5.74, 6) is 2.55. The number of nitrogens with one attached hydrogen (secondary N) is 2. The van der Waals surface area contributed by atoms with Gasteiger partial charge in [0.05, 0.1) is 32.2 Å². The van der Waals surface area contributed by atoms with Crippen LogP contribution < -0.4 is 14.8 Å². The van der Waals surface area contributed by atoms with Crippen LogP contribution in [-0.2, 0) is 5.41 Å². The standard InChI is InChI=1S/C25H24N4O3/c1-25(2)18-7-14(22-11-26-13-32-22)4-5-20(18)29-23-17-6-15(16-9-27-28-10-16)8-21(30-3)24(17)31-12-19(23)25/h4-11,13,19,23,29H,12H2,1-3H3,(H,27,28)/t19-,23+/m0/s1. The van der Waals surface area contributed by atoms with Crippen molar-refractivity contribution in [2.75, 3.05) is 19.0 Å². The second-order valence-electron chi connectivity index (χ2n) is 8.97. The average Bonchev–Trinajstić information content (AvgIpc) is 3.53. The van der Waals surface area contributed by atoms with Crippen molar-refractivity contribution in [1.29, 1.82) is 0 Å². The van der Waals surface area contributed by atoms with Crippen molar-refractivity contribution in [3.8, 4) is 33.9 Å². The molecule has 0 fully saturated rings. The van der Waals surface area contributed by atoms with Crippen molar-refractivity contribution < 1.29 is 13.9 Å². The minimum atomic E-state index is -0.127. The molecule has 0 radical (unpaired) electrons. The molecule has 0 unspecified atom stereocenters. The summed E-state index contributed by atoms with van der Waals surface area (Å²) in [7, 11) is 1.68. The Morgan fingerprint density at radius 2 is 2.00 bits per heavy atom. The summed E-state index contributed by atoms with van der Waals surface area (Å²) in [5, 5.41) is 10.8. The molecular weight excluding hydrogens is 404 g/mol. The topological polar surface area (TPSA) is 85.2 Å². The van der Waals surface area contributed by atoms with Gasteiger partial charge in [0, 0.05) is 39.9 Å². The Morgan fingerprint density at radius 1 is 1.09 bits per heavy atom. The van der Waals surface area contributed by atoms with E-state index in [2.05, 4.69) is 58.6 Å². The minimum Gasteiger partial charge on any atom is -0.493 e. The minimum absolute atomic E-state index is 0.0955.